The molecule has 0 bridgehead atoms. The zero-order valence-corrected chi connectivity index (χ0v) is 15.4. The van der Waals surface area contributed by atoms with Crippen molar-refractivity contribution >= 4 is 38.4 Å². The lowest BCUT2D eigenvalue weighted by Gasteiger charge is -2.09. The molecule has 0 aromatic heterocycles. The summed E-state index contributed by atoms with van der Waals surface area (Å²) < 4.78 is 0. The molecule has 5 aromatic rings. The predicted molar refractivity (Wildman–Crippen MR) is 121 cm³/mol. The molecule has 0 fully saturated rings. The van der Waals surface area contributed by atoms with Crippen LogP contribution in [-0.2, 0) is 0 Å². The van der Waals surface area contributed by atoms with E-state index in [0.717, 1.165) is 11.1 Å². The minimum absolute atomic E-state index is 1.03. The van der Waals surface area contributed by atoms with Gasteiger partial charge in [-0.2, -0.15) is 0 Å². The van der Waals surface area contributed by atoms with Gasteiger partial charge >= 0.3 is 0 Å². The lowest BCUT2D eigenvalue weighted by atomic mass is 9.95. The van der Waals surface area contributed by atoms with E-state index in [1.54, 1.807) is 0 Å². The molecule has 28 heavy (non-hydrogen) atoms. The van der Waals surface area contributed by atoms with E-state index < -0.39 is 0 Å². The van der Waals surface area contributed by atoms with Crippen LogP contribution in [0.1, 0.15) is 11.1 Å². The molecular formula is C28H18. The van der Waals surface area contributed by atoms with E-state index in [1.807, 2.05) is 36.4 Å². The summed E-state index contributed by atoms with van der Waals surface area (Å²) >= 11 is 0. The summed E-state index contributed by atoms with van der Waals surface area (Å²) in [5, 5.41) is 7.72. The van der Waals surface area contributed by atoms with Gasteiger partial charge in [-0.05, 0) is 68.2 Å². The third-order valence-electron chi connectivity index (χ3n) is 5.10. The molecule has 5 aromatic carbocycles. The van der Waals surface area contributed by atoms with Crippen molar-refractivity contribution in [2.24, 2.45) is 0 Å². The fourth-order valence-electron chi connectivity index (χ4n) is 3.73. The minimum Gasteiger partial charge on any atom is -0.0696 e. The number of hydrogen-bond acceptors (Lipinski definition) is 0. The van der Waals surface area contributed by atoms with Crippen molar-refractivity contribution in [1.29, 1.82) is 0 Å². The molecule has 0 saturated carbocycles. The molecule has 0 aliphatic carbocycles. The van der Waals surface area contributed by atoms with E-state index in [4.69, 9.17) is 0 Å². The summed E-state index contributed by atoms with van der Waals surface area (Å²) in [6.07, 6.45) is 4.01. The average Bonchev–Trinajstić information content (AvgIpc) is 2.77. The highest BCUT2D eigenvalue weighted by Gasteiger charge is 2.05. The Bertz CT molecular complexity index is 1390. The quantitative estimate of drug-likeness (QED) is 0.220. The highest BCUT2D eigenvalue weighted by molar-refractivity contribution is 6.20. The van der Waals surface area contributed by atoms with Crippen LogP contribution in [0.5, 0.6) is 0 Å². The Labute approximate surface area is 164 Å². The highest BCUT2D eigenvalue weighted by atomic mass is 14.1. The maximum Gasteiger partial charge on any atom is 0.0248 e. The molecule has 0 spiro atoms. The predicted octanol–water partition coefficient (Wildman–Crippen LogP) is 7.21. The molecule has 0 amide bonds. The first-order valence-electron chi connectivity index (χ1n) is 9.46. The molecule has 0 heterocycles. The first-order valence-corrected chi connectivity index (χ1v) is 9.46. The third kappa shape index (κ3) is 3.04. The molecule has 0 aliphatic heterocycles. The van der Waals surface area contributed by atoms with E-state index >= 15 is 0 Å². The standard InChI is InChI=1S/C28H18/c1-2-8-21(9-3-1)10-4-5-11-22-14-15-24-17-19-25-18-16-23-12-6-7-13-26(23)28(25)27(24)20-22/h1-3,5-9,11-20H/b11-5+. The molecular weight excluding hydrogens is 336 g/mol. The molecule has 0 heteroatoms. The van der Waals surface area contributed by atoms with Crippen LogP contribution >= 0.6 is 0 Å². The SMILES string of the molecule is C(#Cc1ccccc1)/C=C/c1ccc2ccc3ccc4ccccc4c3c2c1. The van der Waals surface area contributed by atoms with Crippen LogP contribution in [0.3, 0.4) is 0 Å². The Hall–Kier alpha value is -3.82. The second-order valence-electron chi connectivity index (χ2n) is 6.90. The van der Waals surface area contributed by atoms with Gasteiger partial charge in [-0.25, -0.2) is 0 Å². The van der Waals surface area contributed by atoms with Crippen LogP contribution in [0, 0.1) is 11.8 Å². The Kier molecular flexibility index (Phi) is 4.13. The van der Waals surface area contributed by atoms with Gasteiger partial charge in [-0.3, -0.25) is 0 Å². The summed E-state index contributed by atoms with van der Waals surface area (Å²) in [6.45, 7) is 0. The Morgan fingerprint density at radius 1 is 0.571 bits per heavy atom. The molecule has 130 valence electrons. The van der Waals surface area contributed by atoms with Gasteiger partial charge in [0.2, 0.25) is 0 Å². The molecule has 0 N–H and O–H groups in total. The van der Waals surface area contributed by atoms with Crippen LogP contribution in [0.25, 0.3) is 38.4 Å². The number of rotatable bonds is 1. The summed E-state index contributed by atoms with van der Waals surface area (Å²) in [5.41, 5.74) is 2.19. The van der Waals surface area contributed by atoms with Gasteiger partial charge in [0.1, 0.15) is 0 Å². The van der Waals surface area contributed by atoms with E-state index in [1.165, 1.54) is 32.3 Å². The number of fused-ring (bicyclic) bond motifs is 5. The summed E-state index contributed by atoms with van der Waals surface area (Å²) in [4.78, 5) is 0. The van der Waals surface area contributed by atoms with Crippen molar-refractivity contribution in [3.63, 3.8) is 0 Å². The topological polar surface area (TPSA) is 0 Å². The maximum absolute atomic E-state index is 3.17. The van der Waals surface area contributed by atoms with Gasteiger partial charge < -0.3 is 0 Å². The largest absolute Gasteiger partial charge is 0.0696 e. The molecule has 0 aliphatic rings. The average molecular weight is 354 g/mol. The Morgan fingerprint density at radius 2 is 1.25 bits per heavy atom. The Morgan fingerprint density at radius 3 is 2.11 bits per heavy atom. The fourth-order valence-corrected chi connectivity index (χ4v) is 3.73. The van der Waals surface area contributed by atoms with Crippen molar-refractivity contribution in [3.8, 4) is 11.8 Å². The van der Waals surface area contributed by atoms with Crippen LogP contribution < -0.4 is 0 Å². The normalized spacial score (nSPS) is 11.1. The van der Waals surface area contributed by atoms with E-state index in [-0.39, 0.29) is 0 Å². The van der Waals surface area contributed by atoms with E-state index in [2.05, 4.69) is 84.6 Å². The van der Waals surface area contributed by atoms with E-state index in [9.17, 15) is 0 Å². The minimum atomic E-state index is 1.03. The van der Waals surface area contributed by atoms with Crippen LogP contribution in [-0.4, -0.2) is 0 Å². The second kappa shape index (κ2) is 7.06. The maximum atomic E-state index is 3.17. The zero-order valence-electron chi connectivity index (χ0n) is 15.4. The zero-order chi connectivity index (χ0) is 18.8. The lowest BCUT2D eigenvalue weighted by Crippen LogP contribution is -1.82. The number of benzene rings is 5. The molecule has 0 nitrogen and oxygen atoms in total. The van der Waals surface area contributed by atoms with Gasteiger partial charge in [0, 0.05) is 5.56 Å². The first kappa shape index (κ1) is 16.4. The summed E-state index contributed by atoms with van der Waals surface area (Å²) in [7, 11) is 0. The molecule has 5 rings (SSSR count). The Balaban J connectivity index is 1.62. The summed E-state index contributed by atoms with van der Waals surface area (Å²) in [6, 6.07) is 34.1. The molecule has 0 radical (unpaired) electrons. The van der Waals surface area contributed by atoms with Crippen LogP contribution in [0.15, 0.2) is 103 Å². The van der Waals surface area contributed by atoms with Gasteiger partial charge in [-0.1, -0.05) is 90.7 Å². The van der Waals surface area contributed by atoms with Crippen molar-refractivity contribution in [2.45, 2.75) is 0 Å². The lowest BCUT2D eigenvalue weighted by molar-refractivity contribution is 1.65. The van der Waals surface area contributed by atoms with Gasteiger partial charge in [0.15, 0.2) is 0 Å². The number of hydrogen-bond donors (Lipinski definition) is 0. The highest BCUT2D eigenvalue weighted by Crippen LogP contribution is 2.32. The second-order valence-corrected chi connectivity index (χ2v) is 6.90. The van der Waals surface area contributed by atoms with Crippen molar-refractivity contribution in [2.75, 3.05) is 0 Å². The van der Waals surface area contributed by atoms with Crippen LogP contribution in [0.4, 0.5) is 0 Å². The van der Waals surface area contributed by atoms with Gasteiger partial charge in [0.05, 0.1) is 0 Å². The van der Waals surface area contributed by atoms with Gasteiger partial charge in [-0.15, -0.1) is 0 Å². The number of allylic oxidation sites excluding steroid dienone is 1. The van der Waals surface area contributed by atoms with Crippen molar-refractivity contribution < 1.29 is 0 Å². The molecule has 0 unspecified atom stereocenters. The molecule has 0 saturated heterocycles. The fraction of sp³-hybridized carbons (Fsp3) is 0. The van der Waals surface area contributed by atoms with Gasteiger partial charge in [0.25, 0.3) is 0 Å². The first-order chi connectivity index (χ1) is 13.9. The van der Waals surface area contributed by atoms with Crippen LogP contribution in [0.2, 0.25) is 0 Å². The summed E-state index contributed by atoms with van der Waals surface area (Å²) in [5.74, 6) is 6.30. The van der Waals surface area contributed by atoms with E-state index in [0.29, 0.717) is 0 Å². The molecule has 0 atom stereocenters. The smallest absolute Gasteiger partial charge is 0.0248 e. The third-order valence-corrected chi connectivity index (χ3v) is 5.10. The van der Waals surface area contributed by atoms with Crippen molar-refractivity contribution in [1.82, 2.24) is 0 Å². The van der Waals surface area contributed by atoms with Crippen molar-refractivity contribution in [3.05, 3.63) is 114 Å². The monoisotopic (exact) mass is 354 g/mol.